The van der Waals surface area contributed by atoms with Gasteiger partial charge in [0.05, 0.1) is 26.4 Å². The minimum atomic E-state index is -0.199. The highest BCUT2D eigenvalue weighted by Crippen LogP contribution is 2.44. The fourth-order valence-electron chi connectivity index (χ4n) is 2.41. The molecule has 1 saturated carbocycles. The van der Waals surface area contributed by atoms with E-state index < -0.39 is 0 Å². The highest BCUT2D eigenvalue weighted by Gasteiger charge is 2.37. The average molecular weight is 330 g/mol. The molecule has 0 aromatic heterocycles. The molecule has 4 nitrogen and oxygen atoms in total. The predicted octanol–water partition coefficient (Wildman–Crippen LogP) is 2.89. The van der Waals surface area contributed by atoms with Gasteiger partial charge in [-0.15, -0.1) is 0 Å². The van der Waals surface area contributed by atoms with E-state index in [2.05, 4.69) is 15.9 Å². The molecule has 0 spiro atoms. The molecular formula is C14H20BrNO3. The van der Waals surface area contributed by atoms with Crippen LogP contribution in [0.1, 0.15) is 24.4 Å². The quantitative estimate of drug-likeness (QED) is 0.871. The summed E-state index contributed by atoms with van der Waals surface area (Å²) in [5.41, 5.74) is 7.30. The lowest BCUT2D eigenvalue weighted by molar-refractivity contribution is 0.0617. The van der Waals surface area contributed by atoms with Gasteiger partial charge in [0.2, 0.25) is 0 Å². The SMILES string of the molecule is COc1ccc(C(N)C(OC)C2CC2)c(OC)c1Br. The Balaban J connectivity index is 2.35. The number of hydrogen-bond acceptors (Lipinski definition) is 4. The van der Waals surface area contributed by atoms with Crippen LogP contribution in [0.2, 0.25) is 0 Å². The average Bonchev–Trinajstić information content (AvgIpc) is 3.23. The van der Waals surface area contributed by atoms with E-state index >= 15 is 0 Å². The molecule has 2 atom stereocenters. The number of halogens is 1. The molecule has 1 aliphatic rings. The first-order valence-corrected chi connectivity index (χ1v) is 7.12. The van der Waals surface area contributed by atoms with Gasteiger partial charge in [-0.05, 0) is 46.8 Å². The van der Waals surface area contributed by atoms with E-state index in [0.717, 1.165) is 21.5 Å². The van der Waals surface area contributed by atoms with E-state index in [1.54, 1.807) is 21.3 Å². The van der Waals surface area contributed by atoms with Gasteiger partial charge in [-0.25, -0.2) is 0 Å². The van der Waals surface area contributed by atoms with E-state index in [-0.39, 0.29) is 12.1 Å². The molecule has 5 heteroatoms. The van der Waals surface area contributed by atoms with Gasteiger partial charge in [-0.3, -0.25) is 0 Å². The molecule has 1 fully saturated rings. The molecular weight excluding hydrogens is 310 g/mol. The molecule has 2 N–H and O–H groups in total. The highest BCUT2D eigenvalue weighted by molar-refractivity contribution is 9.10. The predicted molar refractivity (Wildman–Crippen MR) is 77.7 cm³/mol. The fourth-order valence-corrected chi connectivity index (χ4v) is 3.10. The standard InChI is InChI=1S/C14H20BrNO3/c1-17-10-7-6-9(14(19-3)11(10)15)12(16)13(18-2)8-4-5-8/h6-8,12-13H,4-5,16H2,1-3H3. The summed E-state index contributed by atoms with van der Waals surface area (Å²) in [6.45, 7) is 0. The van der Waals surface area contributed by atoms with Crippen molar-refractivity contribution >= 4 is 15.9 Å². The lowest BCUT2D eigenvalue weighted by Crippen LogP contribution is -2.30. The minimum Gasteiger partial charge on any atom is -0.495 e. The van der Waals surface area contributed by atoms with Crippen LogP contribution in [0.15, 0.2) is 16.6 Å². The molecule has 19 heavy (non-hydrogen) atoms. The Hall–Kier alpha value is -0.780. The molecule has 0 radical (unpaired) electrons. The van der Waals surface area contributed by atoms with Crippen molar-refractivity contribution in [2.24, 2.45) is 11.7 Å². The maximum Gasteiger partial charge on any atom is 0.141 e. The van der Waals surface area contributed by atoms with Crippen molar-refractivity contribution in [2.75, 3.05) is 21.3 Å². The molecule has 2 unspecified atom stereocenters. The highest BCUT2D eigenvalue weighted by atomic mass is 79.9. The second-order valence-corrected chi connectivity index (χ2v) is 5.56. The zero-order valence-corrected chi connectivity index (χ0v) is 13.1. The van der Waals surface area contributed by atoms with Gasteiger partial charge in [0.25, 0.3) is 0 Å². The number of methoxy groups -OCH3 is 3. The Labute approximate surface area is 122 Å². The summed E-state index contributed by atoms with van der Waals surface area (Å²) < 4.78 is 17.1. The third kappa shape index (κ3) is 2.88. The zero-order valence-electron chi connectivity index (χ0n) is 11.5. The van der Waals surface area contributed by atoms with Crippen molar-refractivity contribution in [3.05, 3.63) is 22.2 Å². The van der Waals surface area contributed by atoms with Crippen molar-refractivity contribution in [3.63, 3.8) is 0 Å². The third-order valence-corrected chi connectivity index (χ3v) is 4.34. The van der Waals surface area contributed by atoms with Gasteiger partial charge in [0.1, 0.15) is 16.0 Å². The molecule has 0 amide bonds. The first-order valence-electron chi connectivity index (χ1n) is 6.32. The molecule has 0 bridgehead atoms. The van der Waals surface area contributed by atoms with Gasteiger partial charge < -0.3 is 19.9 Å². The van der Waals surface area contributed by atoms with Crippen LogP contribution in [0.5, 0.6) is 11.5 Å². The summed E-state index contributed by atoms with van der Waals surface area (Å²) >= 11 is 3.50. The molecule has 0 heterocycles. The van der Waals surface area contributed by atoms with E-state index in [1.807, 2.05) is 12.1 Å². The Bertz CT molecular complexity index is 449. The van der Waals surface area contributed by atoms with Gasteiger partial charge in [0, 0.05) is 12.7 Å². The number of hydrogen-bond donors (Lipinski definition) is 1. The van der Waals surface area contributed by atoms with Crippen LogP contribution in [0, 0.1) is 5.92 Å². The monoisotopic (exact) mass is 329 g/mol. The fraction of sp³-hybridized carbons (Fsp3) is 0.571. The summed E-state index contributed by atoms with van der Waals surface area (Å²) in [7, 11) is 4.98. The molecule has 1 aromatic rings. The van der Waals surface area contributed by atoms with E-state index in [9.17, 15) is 0 Å². The second kappa shape index (κ2) is 6.11. The van der Waals surface area contributed by atoms with Crippen molar-refractivity contribution in [1.82, 2.24) is 0 Å². The summed E-state index contributed by atoms with van der Waals surface area (Å²) in [4.78, 5) is 0. The topological polar surface area (TPSA) is 53.7 Å². The van der Waals surface area contributed by atoms with Crippen LogP contribution in [0.3, 0.4) is 0 Å². The Kier molecular flexibility index (Phi) is 4.71. The zero-order chi connectivity index (χ0) is 14.0. The van der Waals surface area contributed by atoms with Gasteiger partial charge in [-0.2, -0.15) is 0 Å². The van der Waals surface area contributed by atoms with Gasteiger partial charge >= 0.3 is 0 Å². The van der Waals surface area contributed by atoms with E-state index in [4.69, 9.17) is 19.9 Å². The van der Waals surface area contributed by atoms with Crippen LogP contribution in [0.4, 0.5) is 0 Å². The van der Waals surface area contributed by atoms with Crippen LogP contribution < -0.4 is 15.2 Å². The molecule has 0 aliphatic heterocycles. The van der Waals surface area contributed by atoms with Crippen LogP contribution in [0.25, 0.3) is 0 Å². The maximum absolute atomic E-state index is 6.36. The van der Waals surface area contributed by atoms with Crippen molar-refractivity contribution in [3.8, 4) is 11.5 Å². The molecule has 2 rings (SSSR count). The first-order chi connectivity index (χ1) is 9.13. The second-order valence-electron chi connectivity index (χ2n) is 4.77. The van der Waals surface area contributed by atoms with E-state index in [1.165, 1.54) is 12.8 Å². The maximum atomic E-state index is 6.36. The number of ether oxygens (including phenoxy) is 3. The van der Waals surface area contributed by atoms with Gasteiger partial charge in [-0.1, -0.05) is 0 Å². The summed E-state index contributed by atoms with van der Waals surface area (Å²) in [5.74, 6) is 2.01. The molecule has 106 valence electrons. The number of rotatable bonds is 6. The van der Waals surface area contributed by atoms with Crippen molar-refractivity contribution in [2.45, 2.75) is 25.0 Å². The Morgan fingerprint density at radius 1 is 1.21 bits per heavy atom. The van der Waals surface area contributed by atoms with Crippen molar-refractivity contribution < 1.29 is 14.2 Å². The molecule has 1 aliphatic carbocycles. The Morgan fingerprint density at radius 2 is 1.89 bits per heavy atom. The normalized spacial score (nSPS) is 17.9. The van der Waals surface area contributed by atoms with Crippen molar-refractivity contribution in [1.29, 1.82) is 0 Å². The summed E-state index contributed by atoms with van der Waals surface area (Å²) in [6.07, 6.45) is 2.41. The smallest absolute Gasteiger partial charge is 0.141 e. The number of nitrogens with two attached hydrogens (primary N) is 1. The Morgan fingerprint density at radius 3 is 2.37 bits per heavy atom. The van der Waals surface area contributed by atoms with E-state index in [0.29, 0.717) is 5.92 Å². The third-order valence-electron chi connectivity index (χ3n) is 3.59. The summed E-state index contributed by atoms with van der Waals surface area (Å²) in [5, 5.41) is 0. The van der Waals surface area contributed by atoms with Crippen LogP contribution >= 0.6 is 15.9 Å². The molecule has 0 saturated heterocycles. The molecule has 1 aromatic carbocycles. The van der Waals surface area contributed by atoms with Gasteiger partial charge in [0.15, 0.2) is 0 Å². The summed E-state index contributed by atoms with van der Waals surface area (Å²) in [6, 6.07) is 3.64. The van der Waals surface area contributed by atoms with Crippen LogP contribution in [-0.4, -0.2) is 27.4 Å². The first kappa shape index (κ1) is 14.6. The van der Waals surface area contributed by atoms with Crippen LogP contribution in [-0.2, 0) is 4.74 Å². The minimum absolute atomic E-state index is 0.0363. The lowest BCUT2D eigenvalue weighted by Gasteiger charge is -2.25. The largest absolute Gasteiger partial charge is 0.495 e. The lowest BCUT2D eigenvalue weighted by atomic mass is 9.98. The number of benzene rings is 1.